The minimum Gasteiger partial charge on any atom is -0.396 e. The van der Waals surface area contributed by atoms with Crippen LogP contribution in [0.15, 0.2) is 0 Å². The largest absolute Gasteiger partial charge is 0.396 e. The standard InChI is InChI=1S/C11H16ClN3O2/c1-8-14-10(12)9(7-17)11(15-8)13-5-3-2-4-6-16/h7,16H,2-6H2,1H3,(H,13,14,15). The second kappa shape index (κ2) is 7.19. The van der Waals surface area contributed by atoms with Crippen molar-refractivity contribution in [2.24, 2.45) is 0 Å². The van der Waals surface area contributed by atoms with Crippen molar-refractivity contribution < 1.29 is 9.90 Å². The number of rotatable bonds is 7. The van der Waals surface area contributed by atoms with Gasteiger partial charge in [0.25, 0.3) is 0 Å². The van der Waals surface area contributed by atoms with E-state index in [0.717, 1.165) is 19.3 Å². The number of aliphatic hydroxyl groups excluding tert-OH is 1. The lowest BCUT2D eigenvalue weighted by Gasteiger charge is -2.09. The molecule has 0 aliphatic heterocycles. The molecule has 2 N–H and O–H groups in total. The number of aryl methyl sites for hydroxylation is 1. The Morgan fingerprint density at radius 3 is 2.76 bits per heavy atom. The monoisotopic (exact) mass is 257 g/mol. The van der Waals surface area contributed by atoms with Crippen LogP contribution in [0.2, 0.25) is 5.15 Å². The SMILES string of the molecule is Cc1nc(Cl)c(C=O)c(NCCCCCO)n1. The second-order valence-electron chi connectivity index (χ2n) is 3.65. The predicted molar refractivity (Wildman–Crippen MR) is 66.6 cm³/mol. The van der Waals surface area contributed by atoms with Crippen molar-refractivity contribution in [3.05, 3.63) is 16.5 Å². The molecule has 0 atom stereocenters. The van der Waals surface area contributed by atoms with Gasteiger partial charge in [0.1, 0.15) is 16.8 Å². The summed E-state index contributed by atoms with van der Waals surface area (Å²) in [5.41, 5.74) is 0.291. The number of aldehydes is 1. The maximum Gasteiger partial charge on any atom is 0.156 e. The third-order valence-corrected chi connectivity index (χ3v) is 2.54. The molecule has 0 aliphatic rings. The van der Waals surface area contributed by atoms with Crippen LogP contribution in [0.1, 0.15) is 35.4 Å². The fourth-order valence-electron chi connectivity index (χ4n) is 1.41. The van der Waals surface area contributed by atoms with Gasteiger partial charge in [0.05, 0.1) is 5.56 Å². The summed E-state index contributed by atoms with van der Waals surface area (Å²) in [7, 11) is 0. The molecule has 1 heterocycles. The molecule has 0 fully saturated rings. The zero-order chi connectivity index (χ0) is 12.7. The number of nitrogens with zero attached hydrogens (tertiary/aromatic N) is 2. The molecule has 94 valence electrons. The molecule has 0 spiro atoms. The highest BCUT2D eigenvalue weighted by Gasteiger charge is 2.10. The van der Waals surface area contributed by atoms with Gasteiger partial charge in [-0.25, -0.2) is 9.97 Å². The van der Waals surface area contributed by atoms with Crippen LogP contribution in [0, 0.1) is 6.92 Å². The molecule has 5 nitrogen and oxygen atoms in total. The molecular weight excluding hydrogens is 242 g/mol. The molecule has 0 aromatic carbocycles. The molecule has 1 aromatic heterocycles. The third-order valence-electron chi connectivity index (χ3n) is 2.26. The number of unbranched alkanes of at least 4 members (excludes halogenated alkanes) is 2. The smallest absolute Gasteiger partial charge is 0.156 e. The Hall–Kier alpha value is -1.20. The fourth-order valence-corrected chi connectivity index (χ4v) is 1.66. The van der Waals surface area contributed by atoms with Crippen molar-refractivity contribution in [3.8, 4) is 0 Å². The van der Waals surface area contributed by atoms with Gasteiger partial charge in [0, 0.05) is 13.2 Å². The van der Waals surface area contributed by atoms with Crippen molar-refractivity contribution >= 4 is 23.7 Å². The lowest BCUT2D eigenvalue weighted by Crippen LogP contribution is -2.08. The average Bonchev–Trinajstić information content (AvgIpc) is 2.28. The topological polar surface area (TPSA) is 75.1 Å². The number of carbonyl (C=O) groups excluding carboxylic acids is 1. The van der Waals surface area contributed by atoms with E-state index in [1.165, 1.54) is 0 Å². The minimum atomic E-state index is 0.172. The maximum absolute atomic E-state index is 10.9. The molecule has 6 heteroatoms. The number of aliphatic hydroxyl groups is 1. The molecule has 0 bridgehead atoms. The average molecular weight is 258 g/mol. The first kappa shape index (κ1) is 13.9. The van der Waals surface area contributed by atoms with Crippen LogP contribution in [0.5, 0.6) is 0 Å². The van der Waals surface area contributed by atoms with Crippen molar-refractivity contribution in [1.82, 2.24) is 9.97 Å². The first-order chi connectivity index (χ1) is 8.19. The van der Waals surface area contributed by atoms with Crippen LogP contribution >= 0.6 is 11.6 Å². The summed E-state index contributed by atoms with van der Waals surface area (Å²) in [6.07, 6.45) is 3.26. The number of halogens is 1. The summed E-state index contributed by atoms with van der Waals surface area (Å²) < 4.78 is 0. The van der Waals surface area contributed by atoms with Gasteiger partial charge in [0.15, 0.2) is 6.29 Å². The normalized spacial score (nSPS) is 10.3. The Balaban J connectivity index is 2.60. The highest BCUT2D eigenvalue weighted by Crippen LogP contribution is 2.18. The van der Waals surface area contributed by atoms with Gasteiger partial charge in [-0.05, 0) is 26.2 Å². The van der Waals surface area contributed by atoms with Gasteiger partial charge in [0.2, 0.25) is 0 Å². The summed E-state index contributed by atoms with van der Waals surface area (Å²) in [6, 6.07) is 0. The third kappa shape index (κ3) is 4.28. The molecular formula is C11H16ClN3O2. The van der Waals surface area contributed by atoms with Crippen molar-refractivity contribution in [3.63, 3.8) is 0 Å². The van der Waals surface area contributed by atoms with E-state index in [4.69, 9.17) is 16.7 Å². The molecule has 0 radical (unpaired) electrons. The van der Waals surface area contributed by atoms with E-state index in [9.17, 15) is 4.79 Å². The summed E-state index contributed by atoms with van der Waals surface area (Å²) in [6.45, 7) is 2.61. The highest BCUT2D eigenvalue weighted by molar-refractivity contribution is 6.32. The van der Waals surface area contributed by atoms with E-state index in [2.05, 4.69) is 15.3 Å². The molecule has 0 amide bonds. The lowest BCUT2D eigenvalue weighted by atomic mass is 10.2. The Morgan fingerprint density at radius 1 is 1.35 bits per heavy atom. The number of nitrogens with one attached hydrogen (secondary N) is 1. The zero-order valence-electron chi connectivity index (χ0n) is 9.74. The van der Waals surface area contributed by atoms with Crippen LogP contribution in [0.4, 0.5) is 5.82 Å². The quantitative estimate of drug-likeness (QED) is 0.443. The number of hydrogen-bond donors (Lipinski definition) is 2. The Bertz CT molecular complexity index is 385. The van der Waals surface area contributed by atoms with Crippen LogP contribution in [-0.4, -0.2) is 34.5 Å². The maximum atomic E-state index is 10.9. The van der Waals surface area contributed by atoms with E-state index in [0.29, 0.717) is 30.0 Å². The van der Waals surface area contributed by atoms with Gasteiger partial charge in [-0.15, -0.1) is 0 Å². The Kier molecular flexibility index (Phi) is 5.86. The molecule has 17 heavy (non-hydrogen) atoms. The minimum absolute atomic E-state index is 0.172. The van der Waals surface area contributed by atoms with Gasteiger partial charge in [-0.3, -0.25) is 4.79 Å². The molecule has 1 aromatic rings. The first-order valence-electron chi connectivity index (χ1n) is 5.53. The molecule has 0 saturated carbocycles. The van der Waals surface area contributed by atoms with E-state index in [1.54, 1.807) is 6.92 Å². The van der Waals surface area contributed by atoms with E-state index in [1.807, 2.05) is 0 Å². The summed E-state index contributed by atoms with van der Waals surface area (Å²) >= 11 is 5.84. The van der Waals surface area contributed by atoms with Crippen LogP contribution in [0.3, 0.4) is 0 Å². The van der Waals surface area contributed by atoms with Gasteiger partial charge in [-0.1, -0.05) is 11.6 Å². The molecule has 0 saturated heterocycles. The molecule has 0 aliphatic carbocycles. The van der Waals surface area contributed by atoms with Crippen LogP contribution in [-0.2, 0) is 0 Å². The number of carbonyl (C=O) groups is 1. The predicted octanol–water partition coefficient (Wildman–Crippen LogP) is 1.83. The van der Waals surface area contributed by atoms with Crippen LogP contribution < -0.4 is 5.32 Å². The van der Waals surface area contributed by atoms with Crippen molar-refractivity contribution in [1.29, 1.82) is 0 Å². The highest BCUT2D eigenvalue weighted by atomic mass is 35.5. The summed E-state index contributed by atoms with van der Waals surface area (Å²) in [5.74, 6) is 1.000. The number of hydrogen-bond acceptors (Lipinski definition) is 5. The lowest BCUT2D eigenvalue weighted by molar-refractivity contribution is 0.112. The Labute approximate surface area is 105 Å². The Morgan fingerprint density at radius 2 is 2.12 bits per heavy atom. The van der Waals surface area contributed by atoms with Gasteiger partial charge in [-0.2, -0.15) is 0 Å². The fraction of sp³-hybridized carbons (Fsp3) is 0.545. The first-order valence-corrected chi connectivity index (χ1v) is 5.91. The summed E-state index contributed by atoms with van der Waals surface area (Å²) in [5, 5.41) is 11.9. The van der Waals surface area contributed by atoms with E-state index in [-0.39, 0.29) is 11.8 Å². The summed E-state index contributed by atoms with van der Waals surface area (Å²) in [4.78, 5) is 18.9. The van der Waals surface area contributed by atoms with Crippen molar-refractivity contribution in [2.45, 2.75) is 26.2 Å². The van der Waals surface area contributed by atoms with Crippen LogP contribution in [0.25, 0.3) is 0 Å². The zero-order valence-corrected chi connectivity index (χ0v) is 10.5. The van der Waals surface area contributed by atoms with E-state index < -0.39 is 0 Å². The molecule has 0 unspecified atom stereocenters. The van der Waals surface area contributed by atoms with Gasteiger partial charge >= 0.3 is 0 Å². The number of aromatic nitrogens is 2. The van der Waals surface area contributed by atoms with E-state index >= 15 is 0 Å². The molecule has 1 rings (SSSR count). The van der Waals surface area contributed by atoms with Crippen molar-refractivity contribution in [2.75, 3.05) is 18.5 Å². The second-order valence-corrected chi connectivity index (χ2v) is 4.01. The number of anilines is 1. The van der Waals surface area contributed by atoms with Gasteiger partial charge < -0.3 is 10.4 Å².